The van der Waals surface area contributed by atoms with Crippen LogP contribution in [0, 0.1) is 6.92 Å². The zero-order chi connectivity index (χ0) is 18.4. The van der Waals surface area contributed by atoms with Gasteiger partial charge in [0.15, 0.2) is 0 Å². The summed E-state index contributed by atoms with van der Waals surface area (Å²) in [5.41, 5.74) is 7.04. The first kappa shape index (κ1) is 15.8. The highest BCUT2D eigenvalue weighted by atomic mass is 14.7. The van der Waals surface area contributed by atoms with Crippen LogP contribution in [0.25, 0.3) is 38.2 Å². The van der Waals surface area contributed by atoms with E-state index in [9.17, 15) is 0 Å². The quantitative estimate of drug-likeness (QED) is 0.381. The Morgan fingerprint density at radius 2 is 1.63 bits per heavy atom. The first-order valence-electron chi connectivity index (χ1n) is 9.29. The average Bonchev–Trinajstić information content (AvgIpc) is 3.10. The van der Waals surface area contributed by atoms with Crippen LogP contribution in [0.5, 0.6) is 0 Å². The molecule has 0 atom stereocenters. The predicted octanol–water partition coefficient (Wildman–Crippen LogP) is 6.63. The summed E-state index contributed by atoms with van der Waals surface area (Å²) in [5.74, 6) is 0. The molecule has 0 aliphatic carbocycles. The van der Waals surface area contributed by atoms with Gasteiger partial charge in [0.2, 0.25) is 0 Å². The fraction of sp³-hybridized carbons (Fsp3) is 0.0800. The fourth-order valence-electron chi connectivity index (χ4n) is 4.15. The van der Waals surface area contributed by atoms with Crippen molar-refractivity contribution in [2.45, 2.75) is 13.8 Å². The Kier molecular flexibility index (Phi) is 3.58. The van der Waals surface area contributed by atoms with E-state index in [0.29, 0.717) is 0 Å². The molecule has 2 nitrogen and oxygen atoms in total. The molecule has 2 aromatic heterocycles. The smallest absolute Gasteiger partial charge is 0.0704 e. The molecule has 3 aromatic carbocycles. The minimum absolute atomic E-state index is 1.00. The van der Waals surface area contributed by atoms with Gasteiger partial charge in [-0.05, 0) is 60.0 Å². The highest BCUT2D eigenvalue weighted by Gasteiger charge is 2.17. The number of rotatable bonds is 2. The van der Waals surface area contributed by atoms with Crippen molar-refractivity contribution in [1.29, 1.82) is 0 Å². The summed E-state index contributed by atoms with van der Waals surface area (Å²) >= 11 is 0. The van der Waals surface area contributed by atoms with E-state index in [1.807, 2.05) is 18.3 Å². The lowest BCUT2D eigenvalue weighted by molar-refractivity contribution is 1.27. The maximum absolute atomic E-state index is 4.62. The third-order valence-corrected chi connectivity index (χ3v) is 5.36. The van der Waals surface area contributed by atoms with Crippen LogP contribution < -0.4 is 0 Å². The summed E-state index contributed by atoms with van der Waals surface area (Å²) in [7, 11) is 0. The van der Waals surface area contributed by atoms with E-state index in [4.69, 9.17) is 0 Å². The Bertz CT molecular complexity index is 1320. The molecule has 0 spiro atoms. The number of nitrogens with zero attached hydrogens (tertiary/aromatic N) is 1. The number of nitrogens with one attached hydrogen (secondary N) is 1. The highest BCUT2D eigenvalue weighted by Crippen LogP contribution is 2.39. The molecule has 1 N–H and O–H groups in total. The number of hydrogen-bond acceptors (Lipinski definition) is 1. The van der Waals surface area contributed by atoms with Crippen LogP contribution in [0.3, 0.4) is 0 Å². The van der Waals surface area contributed by atoms with Crippen molar-refractivity contribution in [3.8, 4) is 0 Å². The number of hydrogen-bond donors (Lipinski definition) is 1. The van der Waals surface area contributed by atoms with Crippen LogP contribution in [0.2, 0.25) is 0 Å². The van der Waals surface area contributed by atoms with E-state index in [2.05, 4.69) is 84.5 Å². The third kappa shape index (κ3) is 2.37. The maximum atomic E-state index is 4.62. The molecule has 130 valence electrons. The molecule has 0 radical (unpaired) electrons. The van der Waals surface area contributed by atoms with Crippen LogP contribution in [-0.4, -0.2) is 9.97 Å². The minimum atomic E-state index is 1.00. The second-order valence-electron chi connectivity index (χ2n) is 6.93. The van der Waals surface area contributed by atoms with Crippen molar-refractivity contribution in [1.82, 2.24) is 9.97 Å². The molecule has 0 unspecified atom stereocenters. The van der Waals surface area contributed by atoms with Gasteiger partial charge in [-0.3, -0.25) is 4.98 Å². The molecule has 27 heavy (non-hydrogen) atoms. The highest BCUT2D eigenvalue weighted by molar-refractivity contribution is 6.23. The standard InChI is InChI=1S/C25H20N2/c1-3-18(20-10-6-7-15-26-20)23-16(2)11-13-22-25(23)24-19-9-5-4-8-17(19)12-14-21(24)27-22/h3-15,27H,1-2H3/b18-3-. The Morgan fingerprint density at radius 3 is 2.44 bits per heavy atom. The zero-order valence-electron chi connectivity index (χ0n) is 15.5. The SMILES string of the molecule is C/C=C(/c1ccccn1)c1c(C)ccc2[nH]c3ccc4ccccc4c3c12. The van der Waals surface area contributed by atoms with Crippen molar-refractivity contribution in [2.75, 3.05) is 0 Å². The van der Waals surface area contributed by atoms with E-state index >= 15 is 0 Å². The summed E-state index contributed by atoms with van der Waals surface area (Å²) in [5, 5.41) is 5.11. The van der Waals surface area contributed by atoms with E-state index in [-0.39, 0.29) is 0 Å². The number of pyridine rings is 1. The number of aromatic amines is 1. The topological polar surface area (TPSA) is 28.7 Å². The van der Waals surface area contributed by atoms with Crippen molar-refractivity contribution in [3.05, 3.63) is 95.8 Å². The van der Waals surface area contributed by atoms with Gasteiger partial charge in [-0.15, -0.1) is 0 Å². The van der Waals surface area contributed by atoms with Crippen molar-refractivity contribution in [3.63, 3.8) is 0 Å². The molecular formula is C25H20N2. The summed E-state index contributed by atoms with van der Waals surface area (Å²) < 4.78 is 0. The fourth-order valence-corrected chi connectivity index (χ4v) is 4.15. The van der Waals surface area contributed by atoms with Crippen molar-refractivity contribution < 1.29 is 0 Å². The Labute approximate surface area is 158 Å². The molecule has 0 amide bonds. The van der Waals surface area contributed by atoms with E-state index < -0.39 is 0 Å². The predicted molar refractivity (Wildman–Crippen MR) is 115 cm³/mol. The van der Waals surface area contributed by atoms with Crippen LogP contribution in [0.4, 0.5) is 0 Å². The van der Waals surface area contributed by atoms with Gasteiger partial charge in [0.05, 0.1) is 5.69 Å². The first-order chi connectivity index (χ1) is 13.3. The van der Waals surface area contributed by atoms with Gasteiger partial charge in [0.1, 0.15) is 0 Å². The lowest BCUT2D eigenvalue weighted by Gasteiger charge is -2.13. The maximum Gasteiger partial charge on any atom is 0.0704 e. The van der Waals surface area contributed by atoms with Gasteiger partial charge in [0, 0.05) is 33.6 Å². The van der Waals surface area contributed by atoms with Gasteiger partial charge in [-0.1, -0.05) is 48.5 Å². The molecule has 0 aliphatic rings. The lowest BCUT2D eigenvalue weighted by Crippen LogP contribution is -1.95. The first-order valence-corrected chi connectivity index (χ1v) is 9.29. The molecule has 5 aromatic rings. The van der Waals surface area contributed by atoms with Crippen LogP contribution in [-0.2, 0) is 0 Å². The normalized spacial score (nSPS) is 12.3. The van der Waals surface area contributed by atoms with Crippen LogP contribution >= 0.6 is 0 Å². The summed E-state index contributed by atoms with van der Waals surface area (Å²) in [6.07, 6.45) is 4.03. The number of aryl methyl sites for hydroxylation is 1. The lowest BCUT2D eigenvalue weighted by atomic mass is 9.91. The number of aromatic nitrogens is 2. The Hall–Kier alpha value is -3.39. The van der Waals surface area contributed by atoms with E-state index in [1.54, 1.807) is 0 Å². The third-order valence-electron chi connectivity index (χ3n) is 5.36. The second-order valence-corrected chi connectivity index (χ2v) is 6.93. The monoisotopic (exact) mass is 348 g/mol. The Balaban J connectivity index is 1.98. The molecular weight excluding hydrogens is 328 g/mol. The molecule has 2 heteroatoms. The number of benzene rings is 3. The van der Waals surface area contributed by atoms with Gasteiger partial charge < -0.3 is 4.98 Å². The number of fused-ring (bicyclic) bond motifs is 5. The summed E-state index contributed by atoms with van der Waals surface area (Å²) in [6.45, 7) is 4.28. The summed E-state index contributed by atoms with van der Waals surface area (Å²) in [4.78, 5) is 8.24. The van der Waals surface area contributed by atoms with Gasteiger partial charge >= 0.3 is 0 Å². The van der Waals surface area contributed by atoms with Crippen LogP contribution in [0.1, 0.15) is 23.7 Å². The van der Waals surface area contributed by atoms with Gasteiger partial charge in [0.25, 0.3) is 0 Å². The van der Waals surface area contributed by atoms with Crippen molar-refractivity contribution >= 4 is 38.2 Å². The summed E-state index contributed by atoms with van der Waals surface area (Å²) in [6, 6.07) is 23.5. The molecule has 2 heterocycles. The van der Waals surface area contributed by atoms with Gasteiger partial charge in [-0.25, -0.2) is 0 Å². The molecule has 0 bridgehead atoms. The molecule has 0 aliphatic heterocycles. The Morgan fingerprint density at radius 1 is 0.852 bits per heavy atom. The minimum Gasteiger partial charge on any atom is -0.354 e. The van der Waals surface area contributed by atoms with E-state index in [1.165, 1.54) is 43.8 Å². The van der Waals surface area contributed by atoms with E-state index in [0.717, 1.165) is 11.2 Å². The number of allylic oxidation sites excluding steroid dienone is 1. The molecule has 5 rings (SSSR count). The number of H-pyrrole nitrogens is 1. The molecule has 0 fully saturated rings. The van der Waals surface area contributed by atoms with Crippen LogP contribution in [0.15, 0.2) is 79.0 Å². The molecule has 0 saturated carbocycles. The van der Waals surface area contributed by atoms with Gasteiger partial charge in [-0.2, -0.15) is 0 Å². The van der Waals surface area contributed by atoms with Crippen molar-refractivity contribution in [2.24, 2.45) is 0 Å². The average molecular weight is 348 g/mol. The zero-order valence-corrected chi connectivity index (χ0v) is 15.5. The second kappa shape index (κ2) is 6.10. The molecule has 0 saturated heterocycles. The largest absolute Gasteiger partial charge is 0.354 e.